The van der Waals surface area contributed by atoms with Crippen LogP contribution in [0.25, 0.3) is 0 Å². The summed E-state index contributed by atoms with van der Waals surface area (Å²) >= 11 is 2.70. The zero-order valence-electron chi connectivity index (χ0n) is 14.9. The minimum atomic E-state index is -0.298. The first kappa shape index (κ1) is 18.5. The molecule has 0 aliphatic carbocycles. The molecule has 12 heteroatoms. The lowest BCUT2D eigenvalue weighted by Crippen LogP contribution is -2.36. The Morgan fingerprint density at radius 1 is 1.36 bits per heavy atom. The van der Waals surface area contributed by atoms with Crippen LogP contribution in [0.1, 0.15) is 21.1 Å². The number of thiazole rings is 1. The number of thioether (sulfide) groups is 1. The van der Waals surface area contributed by atoms with Crippen molar-refractivity contribution in [2.45, 2.75) is 18.1 Å². The van der Waals surface area contributed by atoms with E-state index in [1.54, 1.807) is 36.3 Å². The minimum Gasteiger partial charge on any atom is -0.336 e. The van der Waals surface area contributed by atoms with Gasteiger partial charge in [0, 0.05) is 31.1 Å². The maximum absolute atomic E-state index is 12.5. The van der Waals surface area contributed by atoms with Gasteiger partial charge in [-0.3, -0.25) is 19.9 Å². The summed E-state index contributed by atoms with van der Waals surface area (Å²) in [5.74, 6) is -0.00883. The summed E-state index contributed by atoms with van der Waals surface area (Å²) < 4.78 is 1.53. The summed E-state index contributed by atoms with van der Waals surface area (Å²) in [5.41, 5.74) is 1.26. The molecule has 28 heavy (non-hydrogen) atoms. The highest BCUT2D eigenvalue weighted by molar-refractivity contribution is 7.99. The molecule has 0 spiro atoms. The van der Waals surface area contributed by atoms with Crippen molar-refractivity contribution in [3.8, 4) is 0 Å². The third-order valence-corrected chi connectivity index (χ3v) is 6.10. The van der Waals surface area contributed by atoms with Crippen molar-refractivity contribution in [3.05, 3.63) is 40.7 Å². The number of fused-ring (bicyclic) bond motifs is 1. The SMILES string of the molecule is Cn1nnnc1SCC(=O)N1CCc2nc(NC(=O)c3ccccn3)sc2C1. The van der Waals surface area contributed by atoms with Gasteiger partial charge in [-0.05, 0) is 22.6 Å². The van der Waals surface area contributed by atoms with E-state index in [1.165, 1.54) is 27.8 Å². The van der Waals surface area contributed by atoms with Crippen LogP contribution in [0.3, 0.4) is 0 Å². The molecule has 1 aliphatic heterocycles. The van der Waals surface area contributed by atoms with Gasteiger partial charge in [0.2, 0.25) is 11.1 Å². The number of nitrogens with one attached hydrogen (secondary N) is 1. The van der Waals surface area contributed by atoms with Crippen LogP contribution in [0.15, 0.2) is 29.6 Å². The maximum Gasteiger partial charge on any atom is 0.276 e. The Morgan fingerprint density at radius 3 is 3.00 bits per heavy atom. The van der Waals surface area contributed by atoms with E-state index in [-0.39, 0.29) is 17.6 Å². The second-order valence-electron chi connectivity index (χ2n) is 6.00. The van der Waals surface area contributed by atoms with Crippen molar-refractivity contribution in [3.63, 3.8) is 0 Å². The lowest BCUT2D eigenvalue weighted by Gasteiger charge is -2.25. The number of pyridine rings is 1. The summed E-state index contributed by atoms with van der Waals surface area (Å²) in [6.07, 6.45) is 2.23. The number of aromatic nitrogens is 6. The molecular formula is C16H16N8O2S2. The van der Waals surface area contributed by atoms with E-state index in [2.05, 4.69) is 30.8 Å². The van der Waals surface area contributed by atoms with Gasteiger partial charge in [-0.2, -0.15) is 0 Å². The standard InChI is InChI=1S/C16H16N8O2S2/c1-23-16(20-21-22-23)27-9-13(25)24-7-5-10-12(8-24)28-15(18-10)19-14(26)11-4-2-3-6-17-11/h2-4,6H,5,7-9H2,1H3,(H,18,19,26). The number of hydrogen-bond acceptors (Lipinski definition) is 9. The minimum absolute atomic E-state index is 0.0196. The molecule has 1 aliphatic rings. The van der Waals surface area contributed by atoms with Gasteiger partial charge in [0.25, 0.3) is 5.91 Å². The van der Waals surface area contributed by atoms with E-state index in [0.717, 1.165) is 10.6 Å². The lowest BCUT2D eigenvalue weighted by molar-refractivity contribution is -0.129. The number of rotatable bonds is 5. The van der Waals surface area contributed by atoms with Gasteiger partial charge >= 0.3 is 0 Å². The molecule has 0 bridgehead atoms. The Morgan fingerprint density at radius 2 is 2.25 bits per heavy atom. The fourth-order valence-electron chi connectivity index (χ4n) is 2.68. The highest BCUT2D eigenvalue weighted by Gasteiger charge is 2.25. The predicted molar refractivity (Wildman–Crippen MR) is 103 cm³/mol. The number of aryl methyl sites for hydroxylation is 1. The lowest BCUT2D eigenvalue weighted by atomic mass is 10.2. The van der Waals surface area contributed by atoms with Crippen LogP contribution in [0, 0.1) is 0 Å². The summed E-state index contributed by atoms with van der Waals surface area (Å²) in [5, 5.41) is 15.1. The zero-order valence-corrected chi connectivity index (χ0v) is 16.5. The molecular weight excluding hydrogens is 400 g/mol. The van der Waals surface area contributed by atoms with Crippen molar-refractivity contribution in [2.75, 3.05) is 17.6 Å². The third-order valence-electron chi connectivity index (χ3n) is 4.11. The number of tetrazole rings is 1. The molecule has 3 aromatic rings. The van der Waals surface area contributed by atoms with Crippen LogP contribution in [0.2, 0.25) is 0 Å². The molecule has 2 amide bonds. The molecule has 3 aromatic heterocycles. The number of anilines is 1. The highest BCUT2D eigenvalue weighted by Crippen LogP contribution is 2.29. The largest absolute Gasteiger partial charge is 0.336 e. The Balaban J connectivity index is 1.37. The Hall–Kier alpha value is -2.86. The van der Waals surface area contributed by atoms with Gasteiger partial charge in [-0.25, -0.2) is 9.67 Å². The third kappa shape index (κ3) is 4.02. The maximum atomic E-state index is 12.5. The van der Waals surface area contributed by atoms with E-state index in [9.17, 15) is 9.59 Å². The molecule has 0 unspecified atom stereocenters. The number of hydrogen-bond donors (Lipinski definition) is 1. The summed E-state index contributed by atoms with van der Waals surface area (Å²) in [4.78, 5) is 36.1. The fourth-order valence-corrected chi connectivity index (χ4v) is 4.45. The molecule has 0 aromatic carbocycles. The first-order chi connectivity index (χ1) is 13.6. The molecule has 0 saturated carbocycles. The van der Waals surface area contributed by atoms with Gasteiger partial charge in [0.15, 0.2) is 5.13 Å². The van der Waals surface area contributed by atoms with Gasteiger partial charge in [0.05, 0.1) is 18.0 Å². The number of carbonyl (C=O) groups excluding carboxylic acids is 2. The number of carbonyl (C=O) groups is 2. The zero-order chi connectivity index (χ0) is 19.5. The topological polar surface area (TPSA) is 119 Å². The number of nitrogens with zero attached hydrogens (tertiary/aromatic N) is 7. The monoisotopic (exact) mass is 416 g/mol. The summed E-state index contributed by atoms with van der Waals surface area (Å²) in [6.45, 7) is 1.09. The van der Waals surface area contributed by atoms with Gasteiger partial charge in [-0.1, -0.05) is 29.2 Å². The average molecular weight is 416 g/mol. The van der Waals surface area contributed by atoms with Crippen LogP contribution < -0.4 is 5.32 Å². The van der Waals surface area contributed by atoms with Crippen LogP contribution in [0.5, 0.6) is 0 Å². The highest BCUT2D eigenvalue weighted by atomic mass is 32.2. The van der Waals surface area contributed by atoms with Gasteiger partial charge in [0.1, 0.15) is 5.69 Å². The Labute approximate surface area is 168 Å². The molecule has 1 N–H and O–H groups in total. The average Bonchev–Trinajstić information content (AvgIpc) is 3.31. The Bertz CT molecular complexity index is 1000. The first-order valence-corrected chi connectivity index (χ1v) is 10.2. The fraction of sp³-hybridized carbons (Fsp3) is 0.312. The molecule has 4 heterocycles. The molecule has 4 rings (SSSR count). The molecule has 0 saturated heterocycles. The van der Waals surface area contributed by atoms with Crippen molar-refractivity contribution in [1.82, 2.24) is 35.1 Å². The summed E-state index contributed by atoms with van der Waals surface area (Å²) in [7, 11) is 1.73. The smallest absolute Gasteiger partial charge is 0.276 e. The van der Waals surface area contributed by atoms with E-state index in [0.29, 0.717) is 35.5 Å². The quantitative estimate of drug-likeness (QED) is 0.612. The number of amides is 2. The van der Waals surface area contributed by atoms with Crippen LogP contribution in [-0.2, 0) is 24.8 Å². The van der Waals surface area contributed by atoms with Crippen molar-refractivity contribution in [1.29, 1.82) is 0 Å². The van der Waals surface area contributed by atoms with Crippen LogP contribution in [-0.4, -0.2) is 59.2 Å². The normalized spacial score (nSPS) is 13.2. The van der Waals surface area contributed by atoms with Gasteiger partial charge < -0.3 is 4.90 Å². The predicted octanol–water partition coefficient (Wildman–Crippen LogP) is 0.991. The van der Waals surface area contributed by atoms with Crippen molar-refractivity contribution in [2.24, 2.45) is 7.05 Å². The summed E-state index contributed by atoms with van der Waals surface area (Å²) in [6, 6.07) is 5.16. The second-order valence-corrected chi connectivity index (χ2v) is 8.02. The van der Waals surface area contributed by atoms with Crippen molar-refractivity contribution >= 4 is 40.0 Å². The van der Waals surface area contributed by atoms with Crippen LogP contribution >= 0.6 is 23.1 Å². The molecule has 10 nitrogen and oxygen atoms in total. The van der Waals surface area contributed by atoms with E-state index >= 15 is 0 Å². The van der Waals surface area contributed by atoms with E-state index < -0.39 is 0 Å². The van der Waals surface area contributed by atoms with E-state index in [1.807, 2.05) is 0 Å². The van der Waals surface area contributed by atoms with Crippen LogP contribution in [0.4, 0.5) is 5.13 Å². The first-order valence-electron chi connectivity index (χ1n) is 8.44. The van der Waals surface area contributed by atoms with Gasteiger partial charge in [-0.15, -0.1) is 5.10 Å². The second kappa shape index (κ2) is 8.02. The van der Waals surface area contributed by atoms with E-state index in [4.69, 9.17) is 0 Å². The Kier molecular flexibility index (Phi) is 5.30. The van der Waals surface area contributed by atoms with Crippen molar-refractivity contribution < 1.29 is 9.59 Å². The molecule has 0 atom stereocenters. The molecule has 0 fully saturated rings. The molecule has 144 valence electrons. The molecule has 0 radical (unpaired) electrons.